The van der Waals surface area contributed by atoms with E-state index in [-0.39, 0.29) is 50.8 Å². The van der Waals surface area contributed by atoms with Crippen LogP contribution in [0.5, 0.6) is 0 Å². The van der Waals surface area contributed by atoms with Crippen LogP contribution in [0.1, 0.15) is 143 Å². The maximum Gasteiger partial charge on any atom is 0.508 e. The molecule has 0 aliphatic heterocycles. The fraction of sp³-hybridized carbons (Fsp3) is 0.850. The first-order chi connectivity index (χ1) is 26.9. The van der Waals surface area contributed by atoms with Crippen molar-refractivity contribution in [3.8, 4) is 0 Å². The number of ether oxygens (including phenoxy) is 6. The van der Waals surface area contributed by atoms with Crippen molar-refractivity contribution in [3.63, 3.8) is 0 Å². The lowest BCUT2D eigenvalue weighted by atomic mass is 10.1. The number of hydrogen-bond acceptors (Lipinski definition) is 14. The van der Waals surface area contributed by atoms with Crippen molar-refractivity contribution in [3.05, 3.63) is 0 Å². The highest BCUT2D eigenvalue weighted by atomic mass is 16.7. The average Bonchev–Trinajstić information content (AvgIpc) is 3.14. The van der Waals surface area contributed by atoms with Crippen LogP contribution in [0.3, 0.4) is 0 Å². The lowest BCUT2D eigenvalue weighted by Crippen LogP contribution is -2.39. The molecule has 0 spiro atoms. The highest BCUT2D eigenvalue weighted by Crippen LogP contribution is 2.16. The number of aliphatic carboxylic acids is 2. The third-order valence-electron chi connectivity index (χ3n) is 9.08. The molecule has 0 heterocycles. The van der Waals surface area contributed by atoms with Gasteiger partial charge in [0.2, 0.25) is 0 Å². The summed E-state index contributed by atoms with van der Waals surface area (Å²) >= 11 is 0. The van der Waals surface area contributed by atoms with Crippen molar-refractivity contribution in [2.75, 3.05) is 65.7 Å². The molecule has 0 aromatic heterocycles. The largest absolute Gasteiger partial charge is 0.508 e. The number of carboxylic acid groups (broad SMARTS) is 2. The third kappa shape index (κ3) is 32.6. The predicted molar refractivity (Wildman–Crippen MR) is 208 cm³/mol. The molecule has 0 amide bonds. The summed E-state index contributed by atoms with van der Waals surface area (Å²) in [6, 6.07) is 0. The van der Waals surface area contributed by atoms with E-state index < -0.39 is 36.5 Å². The van der Waals surface area contributed by atoms with E-state index >= 15 is 0 Å². The van der Waals surface area contributed by atoms with Crippen LogP contribution in [-0.4, -0.2) is 134 Å². The smallest absolute Gasteiger partial charge is 0.481 e. The van der Waals surface area contributed by atoms with Crippen molar-refractivity contribution in [2.24, 2.45) is 0 Å². The average molecular weight is 805 g/mol. The first-order valence-corrected chi connectivity index (χ1v) is 20.8. The van der Waals surface area contributed by atoms with Crippen LogP contribution in [0.4, 0.5) is 9.59 Å². The van der Waals surface area contributed by atoms with E-state index in [4.69, 9.17) is 38.6 Å². The maximum absolute atomic E-state index is 12.7. The van der Waals surface area contributed by atoms with Gasteiger partial charge >= 0.3 is 36.2 Å². The molecule has 0 aromatic rings. The van der Waals surface area contributed by atoms with Crippen molar-refractivity contribution in [1.29, 1.82) is 0 Å². The number of rotatable bonds is 37. The maximum atomic E-state index is 12.7. The second-order valence-corrected chi connectivity index (χ2v) is 13.8. The van der Waals surface area contributed by atoms with Crippen molar-refractivity contribution < 1.29 is 67.4 Å². The highest BCUT2D eigenvalue weighted by molar-refractivity contribution is 5.69. The Balaban J connectivity index is 5.08. The summed E-state index contributed by atoms with van der Waals surface area (Å²) in [5.74, 6) is -2.55. The zero-order valence-electron chi connectivity index (χ0n) is 34.6. The topological polar surface area (TPSA) is 205 Å². The molecule has 0 radical (unpaired) electrons. The Hall–Kier alpha value is -3.66. The van der Waals surface area contributed by atoms with Gasteiger partial charge in [-0.2, -0.15) is 0 Å². The van der Waals surface area contributed by atoms with E-state index in [1.165, 1.54) is 0 Å². The number of esters is 2. The summed E-state index contributed by atoms with van der Waals surface area (Å²) in [6.07, 6.45) is 5.51. The third-order valence-corrected chi connectivity index (χ3v) is 9.08. The van der Waals surface area contributed by atoms with Gasteiger partial charge in [0.1, 0.15) is 25.4 Å². The molecule has 0 saturated carbocycles. The molecular formula is C40H72N2O14. The van der Waals surface area contributed by atoms with Gasteiger partial charge in [-0.3, -0.25) is 24.1 Å². The summed E-state index contributed by atoms with van der Waals surface area (Å²) in [5.41, 5.74) is 0. The number of carbonyl (C=O) groups is 6. The Labute approximate surface area is 334 Å². The normalized spacial score (nSPS) is 12.2. The fourth-order valence-corrected chi connectivity index (χ4v) is 5.67. The monoisotopic (exact) mass is 804 g/mol. The minimum absolute atomic E-state index is 0.0137. The van der Waals surface area contributed by atoms with Crippen LogP contribution < -0.4 is 0 Å². The molecule has 0 bridgehead atoms. The molecule has 0 aromatic carbocycles. The quantitative estimate of drug-likeness (QED) is 0.0369. The van der Waals surface area contributed by atoms with Crippen LogP contribution in [0.15, 0.2) is 0 Å². The van der Waals surface area contributed by atoms with Gasteiger partial charge in [0.05, 0.1) is 13.2 Å². The van der Waals surface area contributed by atoms with E-state index in [0.29, 0.717) is 84.2 Å². The van der Waals surface area contributed by atoms with Gasteiger partial charge in [0, 0.05) is 51.9 Å². The minimum atomic E-state index is -0.952. The van der Waals surface area contributed by atoms with Crippen molar-refractivity contribution in [1.82, 2.24) is 9.80 Å². The molecule has 0 fully saturated rings. The van der Waals surface area contributed by atoms with Gasteiger partial charge in [0.25, 0.3) is 0 Å². The Bertz CT molecular complexity index is 998. The lowest BCUT2D eigenvalue weighted by Gasteiger charge is -2.26. The summed E-state index contributed by atoms with van der Waals surface area (Å²) in [7, 11) is 0. The van der Waals surface area contributed by atoms with Crippen LogP contribution in [-0.2, 0) is 47.6 Å². The van der Waals surface area contributed by atoms with E-state index in [1.807, 2.05) is 4.90 Å². The Morgan fingerprint density at radius 3 is 1.18 bits per heavy atom. The first kappa shape index (κ1) is 52.3. The molecule has 2 atom stereocenters. The number of hydrogen-bond donors (Lipinski definition) is 2. The van der Waals surface area contributed by atoms with Crippen LogP contribution in [0.25, 0.3) is 0 Å². The minimum Gasteiger partial charge on any atom is -0.481 e. The van der Waals surface area contributed by atoms with Crippen LogP contribution >= 0.6 is 0 Å². The molecule has 16 nitrogen and oxygen atoms in total. The molecule has 326 valence electrons. The van der Waals surface area contributed by atoms with Crippen molar-refractivity contribution >= 4 is 36.2 Å². The van der Waals surface area contributed by atoms with Crippen LogP contribution in [0, 0.1) is 0 Å². The number of likely N-dealkylation sites (N-methyl/N-ethyl adjacent to an activating group) is 1. The molecule has 0 rings (SSSR count). The van der Waals surface area contributed by atoms with Gasteiger partial charge in [-0.15, -0.1) is 0 Å². The second-order valence-electron chi connectivity index (χ2n) is 13.8. The van der Waals surface area contributed by atoms with Gasteiger partial charge in [-0.25, -0.2) is 9.59 Å². The van der Waals surface area contributed by atoms with Crippen molar-refractivity contribution in [2.45, 2.75) is 155 Å². The summed E-state index contributed by atoms with van der Waals surface area (Å²) < 4.78 is 32.3. The Morgan fingerprint density at radius 1 is 0.446 bits per heavy atom. The number of unbranched alkanes of at least 4 members (excludes halogenated alkanes) is 4. The zero-order valence-corrected chi connectivity index (χ0v) is 34.6. The van der Waals surface area contributed by atoms with E-state index in [1.54, 1.807) is 0 Å². The summed E-state index contributed by atoms with van der Waals surface area (Å²) in [5, 5.41) is 18.1. The van der Waals surface area contributed by atoms with E-state index in [2.05, 4.69) is 32.6 Å². The van der Waals surface area contributed by atoms with Gasteiger partial charge in [-0.05, 0) is 77.3 Å². The number of carbonyl (C=O) groups excluding carboxylic acids is 4. The van der Waals surface area contributed by atoms with E-state index in [9.17, 15) is 28.8 Å². The molecule has 0 aliphatic rings. The van der Waals surface area contributed by atoms with Gasteiger partial charge in [-0.1, -0.05) is 53.4 Å². The number of nitrogens with zero attached hydrogens (tertiary/aromatic N) is 2. The van der Waals surface area contributed by atoms with Gasteiger partial charge in [0.15, 0.2) is 0 Å². The summed E-state index contributed by atoms with van der Waals surface area (Å²) in [4.78, 5) is 75.7. The van der Waals surface area contributed by atoms with E-state index in [0.717, 1.165) is 58.2 Å². The molecule has 2 N–H and O–H groups in total. The summed E-state index contributed by atoms with van der Waals surface area (Å²) in [6.45, 7) is 12.6. The molecule has 2 unspecified atom stereocenters. The molecule has 16 heteroatoms. The fourth-order valence-electron chi connectivity index (χ4n) is 5.67. The molecule has 56 heavy (non-hydrogen) atoms. The Kier molecular flexibility index (Phi) is 33.4. The van der Waals surface area contributed by atoms with Gasteiger partial charge < -0.3 is 43.5 Å². The zero-order chi connectivity index (χ0) is 41.8. The SMILES string of the molecule is CCCCCOC(=O)CCCC(CCCC(=O)O)OC(=O)OCCN(CCOC(=O)OC(CCCC(=O)O)CCCC(=O)OCCCCC)CCN(CC)CC. The van der Waals surface area contributed by atoms with Crippen LogP contribution in [0.2, 0.25) is 0 Å². The molecule has 0 aliphatic carbocycles. The Morgan fingerprint density at radius 2 is 0.821 bits per heavy atom. The second kappa shape index (κ2) is 35.7. The predicted octanol–water partition coefficient (Wildman–Crippen LogP) is 6.99. The standard InChI is InChI=1S/C40H72N2O14/c1-5-9-11-29-51-37(47)23-15-19-33(17-13-21-35(43)44)55-39(49)53-31-27-42(26-25-41(7-3)8-4)28-32-54-40(50)56-34(18-14-22-36(45)46)20-16-24-38(48)52-30-12-10-6-2/h33-34H,5-32H2,1-4H3,(H,43,44)(H,45,46). The number of carboxylic acids is 2. The lowest BCUT2D eigenvalue weighted by molar-refractivity contribution is -0.145. The first-order valence-electron chi connectivity index (χ1n) is 20.8. The molecule has 0 saturated heterocycles. The highest BCUT2D eigenvalue weighted by Gasteiger charge is 2.20. The molecular weight excluding hydrogens is 732 g/mol.